The molecule has 1 nitrogen and oxygen atoms in total. The predicted molar refractivity (Wildman–Crippen MR) is 51.9 cm³/mol. The van der Waals surface area contributed by atoms with E-state index in [2.05, 4.69) is 4.74 Å². The van der Waals surface area contributed by atoms with E-state index in [1.807, 2.05) is 0 Å². The molecule has 0 saturated heterocycles. The maximum atomic E-state index is 12.9. The van der Waals surface area contributed by atoms with Crippen molar-refractivity contribution in [1.29, 1.82) is 0 Å². The molecule has 0 N–H and O–H groups in total. The molecule has 16 heteroatoms. The molecule has 0 radical (unpaired) electrons. The van der Waals surface area contributed by atoms with E-state index in [4.69, 9.17) is 0 Å². The summed E-state index contributed by atoms with van der Waals surface area (Å²) >= 11 is 0. The molecule has 3 unspecified atom stereocenters. The first kappa shape index (κ1) is 24.5. The summed E-state index contributed by atoms with van der Waals surface area (Å²) in [5.41, 5.74) is 0. The van der Waals surface area contributed by atoms with Gasteiger partial charge in [-0.3, -0.25) is 0 Å². The van der Waals surface area contributed by atoms with Crippen molar-refractivity contribution < 1.29 is 70.6 Å². The Morgan fingerprint density at radius 3 is 1.35 bits per heavy atom. The lowest BCUT2D eigenvalue weighted by Crippen LogP contribution is -2.56. The normalized spacial score (nSPS) is 18.7. The number of ether oxygens (including phenoxy) is 1. The maximum absolute atomic E-state index is 12.9. The minimum atomic E-state index is -6.67. The zero-order chi connectivity index (χ0) is 21.2. The van der Waals surface area contributed by atoms with Crippen LogP contribution in [0.4, 0.5) is 65.9 Å². The summed E-state index contributed by atoms with van der Waals surface area (Å²) in [5.74, 6) is -23.4. The molecule has 0 rings (SSSR count). The number of rotatable bonds is 9. The third-order valence-electron chi connectivity index (χ3n) is 2.54. The lowest BCUT2D eigenvalue weighted by Gasteiger charge is -2.30. The van der Waals surface area contributed by atoms with E-state index >= 15 is 0 Å². The second-order valence-corrected chi connectivity index (χ2v) is 4.36. The van der Waals surface area contributed by atoms with Gasteiger partial charge in [0.15, 0.2) is 0 Å². The van der Waals surface area contributed by atoms with Crippen LogP contribution in [0.3, 0.4) is 0 Å². The summed E-state index contributed by atoms with van der Waals surface area (Å²) in [6.45, 7) is 0. The third kappa shape index (κ3) is 4.61. The molecule has 0 aliphatic rings. The number of hydrogen-bond donors (Lipinski definition) is 0. The van der Waals surface area contributed by atoms with Crippen LogP contribution in [-0.4, -0.2) is 49.3 Å². The van der Waals surface area contributed by atoms with Crippen molar-refractivity contribution in [1.82, 2.24) is 0 Å². The van der Waals surface area contributed by atoms with Crippen LogP contribution < -0.4 is 0 Å². The summed E-state index contributed by atoms with van der Waals surface area (Å²) < 4.78 is 189. The molecular weight excluding hydrogens is 421 g/mol. The molecule has 156 valence electrons. The minimum Gasteiger partial charge on any atom is -0.427 e. The maximum Gasteiger partial charge on any atom is 0.378 e. The van der Waals surface area contributed by atoms with Gasteiger partial charge in [-0.25, -0.2) is 26.3 Å². The first-order chi connectivity index (χ1) is 11.4. The van der Waals surface area contributed by atoms with E-state index in [0.29, 0.717) is 0 Å². The summed E-state index contributed by atoms with van der Waals surface area (Å²) in [6, 6.07) is -3.88. The molecule has 0 spiro atoms. The molecule has 0 aliphatic carbocycles. The van der Waals surface area contributed by atoms with Gasteiger partial charge >= 0.3 is 30.1 Å². The molecule has 26 heavy (non-hydrogen) atoms. The quantitative estimate of drug-likeness (QED) is 0.349. The van der Waals surface area contributed by atoms with Gasteiger partial charge in [-0.15, -0.1) is 0 Å². The molecule has 0 aromatic heterocycles. The monoisotopic (exact) mass is 426 g/mol. The first-order valence-corrected chi connectivity index (χ1v) is 5.76. The summed E-state index contributed by atoms with van der Waals surface area (Å²) in [4.78, 5) is 0. The molecular formula is C10H5F15O. The largest absolute Gasteiger partial charge is 0.427 e. The number of alkyl halides is 13. The van der Waals surface area contributed by atoms with Crippen LogP contribution in [0.1, 0.15) is 0 Å². The standard InChI is InChI=1S/C10H5F15O/c11-1(4(14)15)8(20,21)3(13)6(18)26-7(19)10(24,25)9(22,23)2(12)5(16)17/h1-2,4-5,7H. The molecule has 0 aromatic carbocycles. The van der Waals surface area contributed by atoms with Gasteiger partial charge in [-0.05, 0) is 0 Å². The highest BCUT2D eigenvalue weighted by Gasteiger charge is 2.70. The molecule has 0 amide bonds. The van der Waals surface area contributed by atoms with Crippen molar-refractivity contribution in [3.05, 3.63) is 11.8 Å². The number of halogens is 15. The van der Waals surface area contributed by atoms with Crippen LogP contribution in [0.2, 0.25) is 0 Å². The average Bonchev–Trinajstić information content (AvgIpc) is 2.51. The van der Waals surface area contributed by atoms with Crippen LogP contribution in [0.25, 0.3) is 0 Å². The number of hydrogen-bond acceptors (Lipinski definition) is 1. The van der Waals surface area contributed by atoms with Crippen LogP contribution in [0.5, 0.6) is 0 Å². The SMILES string of the molecule is FC(OC(F)C(F)(F)C(F)(F)C(F)C(F)F)=C(F)C(F)(F)C(F)C(F)F. The highest BCUT2D eigenvalue weighted by molar-refractivity contribution is 5.10. The Morgan fingerprint density at radius 2 is 1.00 bits per heavy atom. The molecule has 0 bridgehead atoms. The highest BCUT2D eigenvalue weighted by atomic mass is 19.3. The lowest BCUT2D eigenvalue weighted by molar-refractivity contribution is -0.317. The van der Waals surface area contributed by atoms with Crippen LogP contribution >= 0.6 is 0 Å². The van der Waals surface area contributed by atoms with E-state index in [0.717, 1.165) is 0 Å². The summed E-state index contributed by atoms with van der Waals surface area (Å²) in [6.07, 6.45) is -24.6. The van der Waals surface area contributed by atoms with E-state index < -0.39 is 61.2 Å². The van der Waals surface area contributed by atoms with Crippen molar-refractivity contribution in [2.75, 3.05) is 0 Å². The van der Waals surface area contributed by atoms with Gasteiger partial charge in [0, 0.05) is 0 Å². The second-order valence-electron chi connectivity index (χ2n) is 4.36. The third-order valence-corrected chi connectivity index (χ3v) is 2.54. The molecule has 0 fully saturated rings. The van der Waals surface area contributed by atoms with E-state index in [9.17, 15) is 65.9 Å². The Morgan fingerprint density at radius 1 is 0.615 bits per heavy atom. The molecule has 0 heterocycles. The average molecular weight is 426 g/mol. The van der Waals surface area contributed by atoms with Crippen molar-refractivity contribution in [3.8, 4) is 0 Å². The molecule has 0 aromatic rings. The van der Waals surface area contributed by atoms with Gasteiger partial charge in [0.2, 0.25) is 18.2 Å². The lowest BCUT2D eigenvalue weighted by atomic mass is 10.1. The Bertz CT molecular complexity index is 501. The van der Waals surface area contributed by atoms with Gasteiger partial charge in [0.05, 0.1) is 0 Å². The summed E-state index contributed by atoms with van der Waals surface area (Å²) in [7, 11) is 0. The Balaban J connectivity index is 5.63. The van der Waals surface area contributed by atoms with Gasteiger partial charge < -0.3 is 4.74 Å². The van der Waals surface area contributed by atoms with Crippen molar-refractivity contribution in [2.45, 2.75) is 49.3 Å². The molecule has 0 aliphatic heterocycles. The fraction of sp³-hybridized carbons (Fsp3) is 0.800. The van der Waals surface area contributed by atoms with Gasteiger partial charge in [-0.1, -0.05) is 0 Å². The molecule has 0 saturated carbocycles. The van der Waals surface area contributed by atoms with E-state index in [1.54, 1.807) is 0 Å². The van der Waals surface area contributed by atoms with Gasteiger partial charge in [0.1, 0.15) is 0 Å². The van der Waals surface area contributed by atoms with E-state index in [-0.39, 0.29) is 0 Å². The van der Waals surface area contributed by atoms with Gasteiger partial charge in [0.25, 0.3) is 12.9 Å². The predicted octanol–water partition coefficient (Wildman–Crippen LogP) is 5.52. The number of allylic oxidation sites excluding steroid dienone is 1. The smallest absolute Gasteiger partial charge is 0.378 e. The highest BCUT2D eigenvalue weighted by Crippen LogP contribution is 2.45. The Kier molecular flexibility index (Phi) is 7.55. The van der Waals surface area contributed by atoms with E-state index in [1.165, 1.54) is 0 Å². The first-order valence-electron chi connectivity index (χ1n) is 5.76. The van der Waals surface area contributed by atoms with Crippen molar-refractivity contribution in [3.63, 3.8) is 0 Å². The second kappa shape index (κ2) is 8.02. The molecule has 3 atom stereocenters. The zero-order valence-electron chi connectivity index (χ0n) is 11.5. The summed E-state index contributed by atoms with van der Waals surface area (Å²) in [5, 5.41) is 0. The van der Waals surface area contributed by atoms with Crippen molar-refractivity contribution in [2.24, 2.45) is 0 Å². The van der Waals surface area contributed by atoms with Crippen LogP contribution in [-0.2, 0) is 4.74 Å². The minimum absolute atomic E-state index is 2.35. The Hall–Kier alpha value is -1.51. The van der Waals surface area contributed by atoms with Crippen molar-refractivity contribution >= 4 is 0 Å². The fourth-order valence-corrected chi connectivity index (χ4v) is 1.12. The zero-order valence-corrected chi connectivity index (χ0v) is 11.5. The Labute approximate surface area is 133 Å². The van der Waals surface area contributed by atoms with Crippen LogP contribution in [0, 0.1) is 0 Å². The topological polar surface area (TPSA) is 9.23 Å². The van der Waals surface area contributed by atoms with Gasteiger partial charge in [-0.2, -0.15) is 39.5 Å². The fourth-order valence-electron chi connectivity index (χ4n) is 1.12. The van der Waals surface area contributed by atoms with Crippen LogP contribution in [0.15, 0.2) is 11.8 Å².